The van der Waals surface area contributed by atoms with Gasteiger partial charge in [-0.3, -0.25) is 4.57 Å². The maximum Gasteiger partial charge on any atom is 0.515 e. The van der Waals surface area contributed by atoms with Crippen molar-refractivity contribution in [2.45, 2.75) is 20.3 Å². The van der Waals surface area contributed by atoms with Gasteiger partial charge in [0.1, 0.15) is 12.2 Å². The van der Waals surface area contributed by atoms with Gasteiger partial charge < -0.3 is 9.47 Å². The van der Waals surface area contributed by atoms with E-state index in [0.717, 1.165) is 28.2 Å². The van der Waals surface area contributed by atoms with Crippen molar-refractivity contribution < 1.29 is 14.3 Å². The van der Waals surface area contributed by atoms with Crippen molar-refractivity contribution in [1.82, 2.24) is 19.5 Å². The molecule has 126 valence electrons. The number of imidazole rings is 1. The molecule has 0 saturated carbocycles. The lowest BCUT2D eigenvalue weighted by Gasteiger charge is -2.09. The number of carbonyl (C=O) groups is 1. The number of aryl methyl sites for hydroxylation is 1. The third-order valence-corrected chi connectivity index (χ3v) is 4.03. The van der Waals surface area contributed by atoms with Crippen molar-refractivity contribution in [1.29, 1.82) is 0 Å². The van der Waals surface area contributed by atoms with Crippen molar-refractivity contribution in [2.75, 3.05) is 6.61 Å². The number of carbonyl (C=O) groups excluding carboxylic acids is 1. The summed E-state index contributed by atoms with van der Waals surface area (Å²) in [6.07, 6.45) is 3.20. The molecular weight excluding hydrogens is 320 g/mol. The zero-order valence-electron chi connectivity index (χ0n) is 13.9. The van der Waals surface area contributed by atoms with Crippen LogP contribution in [0.3, 0.4) is 0 Å². The zero-order valence-corrected chi connectivity index (χ0v) is 13.9. The van der Waals surface area contributed by atoms with Crippen LogP contribution in [0.4, 0.5) is 4.79 Å². The Bertz CT molecular complexity index is 965. The minimum Gasteiger partial charge on any atom is -0.434 e. The second-order valence-corrected chi connectivity index (χ2v) is 5.64. The molecule has 0 bridgehead atoms. The highest BCUT2D eigenvalue weighted by Crippen LogP contribution is 2.36. The van der Waals surface area contributed by atoms with Gasteiger partial charge in [-0.2, -0.15) is 0 Å². The van der Waals surface area contributed by atoms with Crippen LogP contribution in [0.2, 0.25) is 0 Å². The first-order chi connectivity index (χ1) is 12.2. The summed E-state index contributed by atoms with van der Waals surface area (Å²) >= 11 is 0. The Balaban J connectivity index is 1.88. The summed E-state index contributed by atoms with van der Waals surface area (Å²) in [6, 6.07) is 7.92. The molecular formula is C18H16N4O3. The van der Waals surface area contributed by atoms with E-state index in [1.165, 1.54) is 0 Å². The minimum atomic E-state index is -0.762. The van der Waals surface area contributed by atoms with Gasteiger partial charge in [0.25, 0.3) is 0 Å². The molecule has 0 unspecified atom stereocenters. The molecule has 4 rings (SSSR count). The second-order valence-electron chi connectivity index (χ2n) is 5.64. The molecule has 1 aromatic carbocycles. The lowest BCUT2D eigenvalue weighted by atomic mass is 10.0. The maximum atomic E-state index is 11.7. The minimum absolute atomic E-state index is 0.238. The Morgan fingerprint density at radius 3 is 2.96 bits per heavy atom. The summed E-state index contributed by atoms with van der Waals surface area (Å²) in [7, 11) is 0. The summed E-state index contributed by atoms with van der Waals surface area (Å²) in [5.74, 6) is 0.947. The van der Waals surface area contributed by atoms with Crippen LogP contribution in [-0.4, -0.2) is 32.3 Å². The van der Waals surface area contributed by atoms with E-state index < -0.39 is 6.16 Å². The fourth-order valence-corrected chi connectivity index (χ4v) is 2.96. The topological polar surface area (TPSA) is 79.1 Å². The number of aromatic nitrogens is 4. The Labute approximate surface area is 144 Å². The van der Waals surface area contributed by atoms with Crippen LogP contribution in [0.25, 0.3) is 16.9 Å². The summed E-state index contributed by atoms with van der Waals surface area (Å²) in [5.41, 5.74) is 4.51. The van der Waals surface area contributed by atoms with Crippen LogP contribution >= 0.6 is 0 Å². The summed E-state index contributed by atoms with van der Waals surface area (Å²) in [4.78, 5) is 24.9. The summed E-state index contributed by atoms with van der Waals surface area (Å²) < 4.78 is 12.0. The average molecular weight is 336 g/mol. The number of nitrogens with zero attached hydrogens (tertiary/aromatic N) is 4. The first-order valence-electron chi connectivity index (χ1n) is 8.00. The smallest absolute Gasteiger partial charge is 0.434 e. The van der Waals surface area contributed by atoms with Crippen LogP contribution in [0, 0.1) is 6.92 Å². The van der Waals surface area contributed by atoms with Crippen LogP contribution in [0.1, 0.15) is 24.0 Å². The van der Waals surface area contributed by atoms with E-state index in [1.807, 2.05) is 42.0 Å². The monoisotopic (exact) mass is 336 g/mol. The van der Waals surface area contributed by atoms with Crippen molar-refractivity contribution in [3.05, 3.63) is 53.9 Å². The Morgan fingerprint density at radius 1 is 1.28 bits per heavy atom. The summed E-state index contributed by atoms with van der Waals surface area (Å²) in [5, 5.41) is 0. The molecule has 0 spiro atoms. The third kappa shape index (κ3) is 2.63. The van der Waals surface area contributed by atoms with E-state index in [2.05, 4.69) is 15.0 Å². The molecule has 1 aliphatic heterocycles. The molecule has 0 fully saturated rings. The van der Waals surface area contributed by atoms with Crippen LogP contribution in [-0.2, 0) is 11.2 Å². The van der Waals surface area contributed by atoms with E-state index in [4.69, 9.17) is 9.47 Å². The van der Waals surface area contributed by atoms with E-state index in [-0.39, 0.29) is 12.5 Å². The van der Waals surface area contributed by atoms with E-state index in [1.54, 1.807) is 13.3 Å². The van der Waals surface area contributed by atoms with Gasteiger partial charge in [0, 0.05) is 23.7 Å². The number of hydrogen-bond donors (Lipinski definition) is 0. The molecule has 7 nitrogen and oxygen atoms in total. The lowest BCUT2D eigenvalue weighted by Crippen LogP contribution is -2.12. The van der Waals surface area contributed by atoms with Crippen molar-refractivity contribution >= 4 is 6.16 Å². The summed E-state index contributed by atoms with van der Waals surface area (Å²) in [6.45, 7) is 3.83. The fourth-order valence-electron chi connectivity index (χ4n) is 2.96. The zero-order chi connectivity index (χ0) is 17.4. The molecule has 0 aliphatic carbocycles. The molecule has 0 amide bonds. The first kappa shape index (κ1) is 15.3. The van der Waals surface area contributed by atoms with Gasteiger partial charge in [-0.05, 0) is 19.9 Å². The van der Waals surface area contributed by atoms with Crippen LogP contribution in [0.5, 0.6) is 5.88 Å². The third-order valence-electron chi connectivity index (χ3n) is 4.03. The molecule has 2 aromatic heterocycles. The Morgan fingerprint density at radius 2 is 2.12 bits per heavy atom. The number of hydrogen-bond acceptors (Lipinski definition) is 6. The molecule has 25 heavy (non-hydrogen) atoms. The number of para-hydroxylation sites is 1. The molecule has 7 heteroatoms. The van der Waals surface area contributed by atoms with Gasteiger partial charge in [-0.1, -0.05) is 18.2 Å². The predicted octanol–water partition coefficient (Wildman–Crippen LogP) is 3.08. The van der Waals surface area contributed by atoms with Gasteiger partial charge in [-0.25, -0.2) is 19.7 Å². The molecule has 3 heterocycles. The van der Waals surface area contributed by atoms with Crippen LogP contribution < -0.4 is 4.74 Å². The first-order valence-corrected chi connectivity index (χ1v) is 8.00. The normalized spacial score (nSPS) is 11.8. The number of rotatable bonds is 2. The van der Waals surface area contributed by atoms with Crippen molar-refractivity contribution in [2.24, 2.45) is 0 Å². The number of ether oxygens (including phenoxy) is 2. The predicted molar refractivity (Wildman–Crippen MR) is 89.8 cm³/mol. The largest absolute Gasteiger partial charge is 0.515 e. The van der Waals surface area contributed by atoms with E-state index in [9.17, 15) is 4.79 Å². The molecule has 0 saturated heterocycles. The highest BCUT2D eigenvalue weighted by Gasteiger charge is 2.25. The van der Waals surface area contributed by atoms with Crippen molar-refractivity contribution in [3.8, 4) is 22.8 Å². The number of benzene rings is 1. The van der Waals surface area contributed by atoms with Gasteiger partial charge in [-0.15, -0.1) is 0 Å². The van der Waals surface area contributed by atoms with E-state index >= 15 is 0 Å². The second kappa shape index (κ2) is 6.01. The van der Waals surface area contributed by atoms with Crippen LogP contribution in [0.15, 0.2) is 36.8 Å². The fraction of sp³-hybridized carbons (Fsp3) is 0.222. The molecule has 3 aromatic rings. The van der Waals surface area contributed by atoms with E-state index in [0.29, 0.717) is 12.2 Å². The standard InChI is InChI=1S/C18H16N4O3/c1-3-24-18(23)25-17-15-8-12-9-19-11(2)21-16(12)13-6-4-5-7-14(13)22(15)10-20-17/h4-7,9-10H,3,8H2,1-2H3. The lowest BCUT2D eigenvalue weighted by molar-refractivity contribution is 0.102. The molecule has 0 N–H and O–H groups in total. The van der Waals surface area contributed by atoms with Gasteiger partial charge in [0.05, 0.1) is 23.7 Å². The molecule has 1 aliphatic rings. The maximum absolute atomic E-state index is 11.7. The average Bonchev–Trinajstić information content (AvgIpc) is 2.92. The highest BCUT2D eigenvalue weighted by atomic mass is 16.7. The Kier molecular flexibility index (Phi) is 3.68. The quantitative estimate of drug-likeness (QED) is 0.523. The SMILES string of the molecule is CCOC(=O)Oc1ncn2c1Cc1cnc(C)nc1-c1ccccc1-2. The molecule has 0 radical (unpaired) electrons. The number of fused-ring (bicyclic) bond motifs is 5. The highest BCUT2D eigenvalue weighted by molar-refractivity contribution is 5.75. The van der Waals surface area contributed by atoms with Crippen molar-refractivity contribution in [3.63, 3.8) is 0 Å². The molecule has 0 atom stereocenters. The van der Waals surface area contributed by atoms with Gasteiger partial charge in [0.15, 0.2) is 0 Å². The Hall–Kier alpha value is -3.22. The van der Waals surface area contributed by atoms with Gasteiger partial charge in [0.2, 0.25) is 5.88 Å². The van der Waals surface area contributed by atoms with Gasteiger partial charge >= 0.3 is 6.16 Å².